The van der Waals surface area contributed by atoms with Gasteiger partial charge in [0.05, 0.1) is 6.04 Å². The van der Waals surface area contributed by atoms with Gasteiger partial charge in [0, 0.05) is 22.6 Å². The molecule has 0 aliphatic heterocycles. The van der Waals surface area contributed by atoms with E-state index in [1.165, 1.54) is 17.4 Å². The van der Waals surface area contributed by atoms with E-state index in [0.717, 1.165) is 11.3 Å². The van der Waals surface area contributed by atoms with Crippen LogP contribution in [0.2, 0.25) is 5.02 Å². The Morgan fingerprint density at radius 2 is 1.86 bits per heavy atom. The van der Waals surface area contributed by atoms with Gasteiger partial charge in [-0.2, -0.15) is 0 Å². The molecule has 0 radical (unpaired) electrons. The van der Waals surface area contributed by atoms with Gasteiger partial charge in [0.25, 0.3) is 0 Å². The van der Waals surface area contributed by atoms with Crippen LogP contribution in [0.15, 0.2) is 53.4 Å². The molecule has 2 rings (SSSR count). The van der Waals surface area contributed by atoms with Crippen molar-refractivity contribution in [3.63, 3.8) is 0 Å². The second-order valence-corrected chi connectivity index (χ2v) is 6.40. The molecule has 0 saturated heterocycles. The number of amides is 1. The molecule has 4 heteroatoms. The molecule has 21 heavy (non-hydrogen) atoms. The first-order valence-corrected chi connectivity index (χ1v) is 8.13. The number of thioether (sulfide) groups is 1. The Morgan fingerprint density at radius 1 is 1.19 bits per heavy atom. The molecule has 110 valence electrons. The highest BCUT2D eigenvalue weighted by Crippen LogP contribution is 2.29. The zero-order valence-electron chi connectivity index (χ0n) is 12.1. The van der Waals surface area contributed by atoms with Crippen molar-refractivity contribution in [2.24, 2.45) is 0 Å². The highest BCUT2D eigenvalue weighted by atomic mass is 35.5. The molecule has 0 fully saturated rings. The maximum absolute atomic E-state index is 11.4. The highest BCUT2D eigenvalue weighted by molar-refractivity contribution is 7.99. The number of hydrogen-bond acceptors (Lipinski definition) is 2. The van der Waals surface area contributed by atoms with E-state index >= 15 is 0 Å². The van der Waals surface area contributed by atoms with Crippen molar-refractivity contribution in [2.75, 3.05) is 5.75 Å². The molecule has 0 aliphatic rings. The van der Waals surface area contributed by atoms with E-state index < -0.39 is 0 Å². The lowest BCUT2D eigenvalue weighted by molar-refractivity contribution is -0.119. The van der Waals surface area contributed by atoms with Crippen LogP contribution in [0.1, 0.15) is 24.1 Å². The molecule has 2 nitrogen and oxygen atoms in total. The van der Waals surface area contributed by atoms with Crippen molar-refractivity contribution in [1.29, 1.82) is 0 Å². The number of benzene rings is 2. The van der Waals surface area contributed by atoms with Gasteiger partial charge in [-0.15, -0.1) is 11.8 Å². The van der Waals surface area contributed by atoms with Crippen molar-refractivity contribution >= 4 is 29.3 Å². The maximum Gasteiger partial charge on any atom is 0.217 e. The first kappa shape index (κ1) is 15.9. The third-order valence-electron chi connectivity index (χ3n) is 3.10. The standard InChI is InChI=1S/C17H18ClNOS/c1-12-7-9-14(10-8-12)21-11-17(19-13(2)20)15-5-3-4-6-16(15)18/h3-10,17H,11H2,1-2H3,(H,19,20). The summed E-state index contributed by atoms with van der Waals surface area (Å²) in [6, 6.07) is 15.9. The number of aryl methyl sites for hydroxylation is 1. The summed E-state index contributed by atoms with van der Waals surface area (Å²) in [4.78, 5) is 12.6. The van der Waals surface area contributed by atoms with Crippen LogP contribution < -0.4 is 5.32 Å². The van der Waals surface area contributed by atoms with Gasteiger partial charge in [-0.3, -0.25) is 4.79 Å². The fraction of sp³-hybridized carbons (Fsp3) is 0.235. The van der Waals surface area contributed by atoms with E-state index in [0.29, 0.717) is 5.02 Å². The lowest BCUT2D eigenvalue weighted by Gasteiger charge is -2.19. The van der Waals surface area contributed by atoms with Gasteiger partial charge in [-0.05, 0) is 30.7 Å². The molecule has 1 amide bonds. The van der Waals surface area contributed by atoms with Gasteiger partial charge in [0.15, 0.2) is 0 Å². The second kappa shape index (κ2) is 7.53. The minimum Gasteiger partial charge on any atom is -0.349 e. The summed E-state index contributed by atoms with van der Waals surface area (Å²) < 4.78 is 0. The number of carbonyl (C=O) groups excluding carboxylic acids is 1. The fourth-order valence-electron chi connectivity index (χ4n) is 2.03. The third-order valence-corrected chi connectivity index (χ3v) is 4.55. The van der Waals surface area contributed by atoms with E-state index in [1.807, 2.05) is 24.3 Å². The van der Waals surface area contributed by atoms with E-state index in [2.05, 4.69) is 36.5 Å². The summed E-state index contributed by atoms with van der Waals surface area (Å²) in [7, 11) is 0. The molecular weight excluding hydrogens is 302 g/mol. The van der Waals surface area contributed by atoms with Gasteiger partial charge < -0.3 is 5.32 Å². The second-order valence-electron chi connectivity index (χ2n) is 4.90. The number of halogens is 1. The normalized spacial score (nSPS) is 12.0. The van der Waals surface area contributed by atoms with Crippen molar-refractivity contribution < 1.29 is 4.79 Å². The van der Waals surface area contributed by atoms with Crippen LogP contribution in [0, 0.1) is 6.92 Å². The largest absolute Gasteiger partial charge is 0.349 e. The summed E-state index contributed by atoms with van der Waals surface area (Å²) in [5.41, 5.74) is 2.19. The van der Waals surface area contributed by atoms with Crippen molar-refractivity contribution in [2.45, 2.75) is 24.8 Å². The Morgan fingerprint density at radius 3 is 2.48 bits per heavy atom. The minimum atomic E-state index is -0.0949. The van der Waals surface area contributed by atoms with Crippen molar-refractivity contribution in [3.8, 4) is 0 Å². The van der Waals surface area contributed by atoms with E-state index in [-0.39, 0.29) is 11.9 Å². The molecule has 1 atom stereocenters. The molecule has 1 unspecified atom stereocenters. The summed E-state index contributed by atoms with van der Waals surface area (Å²) in [5, 5.41) is 3.66. The molecule has 2 aromatic carbocycles. The molecule has 2 aromatic rings. The Hall–Kier alpha value is -1.45. The third kappa shape index (κ3) is 4.80. The van der Waals surface area contributed by atoms with Gasteiger partial charge in [0.1, 0.15) is 0 Å². The lowest BCUT2D eigenvalue weighted by atomic mass is 10.1. The van der Waals surface area contributed by atoms with Crippen LogP contribution in [0.3, 0.4) is 0 Å². The summed E-state index contributed by atoms with van der Waals surface area (Å²) >= 11 is 7.95. The number of hydrogen-bond donors (Lipinski definition) is 1. The zero-order chi connectivity index (χ0) is 15.2. The summed E-state index contributed by atoms with van der Waals surface area (Å²) in [6.45, 7) is 3.60. The molecule has 0 saturated carbocycles. The van der Waals surface area contributed by atoms with Crippen molar-refractivity contribution in [1.82, 2.24) is 5.32 Å². The molecule has 0 spiro atoms. The quantitative estimate of drug-likeness (QED) is 0.815. The van der Waals surface area contributed by atoms with Crippen LogP contribution in [0.25, 0.3) is 0 Å². The van der Waals surface area contributed by atoms with Gasteiger partial charge >= 0.3 is 0 Å². The Bertz CT molecular complexity index is 612. The monoisotopic (exact) mass is 319 g/mol. The fourth-order valence-corrected chi connectivity index (χ4v) is 3.24. The van der Waals surface area contributed by atoms with Gasteiger partial charge in [0.2, 0.25) is 5.91 Å². The van der Waals surface area contributed by atoms with Crippen LogP contribution in [0.5, 0.6) is 0 Å². The Balaban J connectivity index is 2.11. The maximum atomic E-state index is 11.4. The summed E-state index contributed by atoms with van der Waals surface area (Å²) in [6.07, 6.45) is 0. The predicted molar refractivity (Wildman–Crippen MR) is 89.9 cm³/mol. The molecule has 0 aromatic heterocycles. The van der Waals surface area contributed by atoms with E-state index in [1.54, 1.807) is 11.8 Å². The first-order chi connectivity index (χ1) is 10.1. The van der Waals surface area contributed by atoms with Crippen LogP contribution >= 0.6 is 23.4 Å². The van der Waals surface area contributed by atoms with Crippen LogP contribution in [-0.4, -0.2) is 11.7 Å². The topological polar surface area (TPSA) is 29.1 Å². The molecular formula is C17H18ClNOS. The van der Waals surface area contributed by atoms with Crippen molar-refractivity contribution in [3.05, 3.63) is 64.7 Å². The molecule has 0 aliphatic carbocycles. The van der Waals surface area contributed by atoms with Crippen LogP contribution in [-0.2, 0) is 4.79 Å². The SMILES string of the molecule is CC(=O)NC(CSc1ccc(C)cc1)c1ccccc1Cl. The zero-order valence-corrected chi connectivity index (χ0v) is 13.7. The van der Waals surface area contributed by atoms with E-state index in [4.69, 9.17) is 11.6 Å². The number of nitrogens with one attached hydrogen (secondary N) is 1. The minimum absolute atomic E-state index is 0.0515. The average Bonchev–Trinajstić information content (AvgIpc) is 2.45. The predicted octanol–water partition coefficient (Wildman–Crippen LogP) is 4.62. The molecule has 0 heterocycles. The lowest BCUT2D eigenvalue weighted by Crippen LogP contribution is -2.28. The highest BCUT2D eigenvalue weighted by Gasteiger charge is 2.15. The van der Waals surface area contributed by atoms with E-state index in [9.17, 15) is 4.79 Å². The van der Waals surface area contributed by atoms with Gasteiger partial charge in [-0.1, -0.05) is 47.5 Å². The van der Waals surface area contributed by atoms with Gasteiger partial charge in [-0.25, -0.2) is 0 Å². The average molecular weight is 320 g/mol. The number of carbonyl (C=O) groups is 1. The Kier molecular flexibility index (Phi) is 5.71. The smallest absolute Gasteiger partial charge is 0.217 e. The first-order valence-electron chi connectivity index (χ1n) is 6.77. The molecule has 1 N–H and O–H groups in total. The molecule has 0 bridgehead atoms. The van der Waals surface area contributed by atoms with Crippen LogP contribution in [0.4, 0.5) is 0 Å². The summed E-state index contributed by atoms with van der Waals surface area (Å²) in [5.74, 6) is 0.691. The number of rotatable bonds is 5. The Labute approximate surface area is 134 Å².